The zero-order valence-electron chi connectivity index (χ0n) is 10.4. The lowest BCUT2D eigenvalue weighted by molar-refractivity contribution is 0.123. The summed E-state index contributed by atoms with van der Waals surface area (Å²) in [6, 6.07) is 1.84. The molecule has 4 nitrogen and oxygen atoms in total. The maximum absolute atomic E-state index is 5.77. The van der Waals surface area contributed by atoms with Crippen LogP contribution >= 0.6 is 0 Å². The van der Waals surface area contributed by atoms with Gasteiger partial charge in [0.25, 0.3) is 0 Å². The predicted octanol–water partition coefficient (Wildman–Crippen LogP) is 2.57. The van der Waals surface area contributed by atoms with Crippen LogP contribution in [-0.2, 0) is 0 Å². The van der Waals surface area contributed by atoms with Gasteiger partial charge in [-0.2, -0.15) is 4.98 Å². The van der Waals surface area contributed by atoms with Gasteiger partial charge in [-0.05, 0) is 33.6 Å². The van der Waals surface area contributed by atoms with Gasteiger partial charge in [0.2, 0.25) is 5.88 Å². The van der Waals surface area contributed by atoms with E-state index in [0.717, 1.165) is 11.6 Å². The molecule has 1 N–H and O–H groups in total. The van der Waals surface area contributed by atoms with Crippen LogP contribution in [0.25, 0.3) is 0 Å². The number of nitrogens with one attached hydrogen (secondary N) is 1. The third kappa shape index (κ3) is 2.84. The highest BCUT2D eigenvalue weighted by atomic mass is 16.5. The maximum atomic E-state index is 5.77. The van der Waals surface area contributed by atoms with Crippen molar-refractivity contribution in [2.24, 2.45) is 0 Å². The van der Waals surface area contributed by atoms with Gasteiger partial charge in [0.15, 0.2) is 0 Å². The van der Waals surface area contributed by atoms with Crippen LogP contribution in [0.15, 0.2) is 6.07 Å². The van der Waals surface area contributed by atoms with Gasteiger partial charge in [-0.15, -0.1) is 0 Å². The van der Waals surface area contributed by atoms with Crippen molar-refractivity contribution in [3.8, 4) is 5.88 Å². The largest absolute Gasteiger partial charge is 0.472 e. The lowest BCUT2D eigenvalue weighted by Gasteiger charge is -2.20. The molecule has 1 fully saturated rings. The first-order valence-corrected chi connectivity index (χ1v) is 5.74. The molecule has 0 aromatic carbocycles. The van der Waals surface area contributed by atoms with Crippen LogP contribution in [0.5, 0.6) is 5.88 Å². The summed E-state index contributed by atoms with van der Waals surface area (Å²) in [5.74, 6) is 2.94. The van der Waals surface area contributed by atoms with Gasteiger partial charge in [0, 0.05) is 19.0 Å². The molecule has 2 rings (SSSR count). The Morgan fingerprint density at radius 1 is 1.31 bits per heavy atom. The first-order valence-electron chi connectivity index (χ1n) is 5.74. The van der Waals surface area contributed by atoms with E-state index in [1.807, 2.05) is 33.9 Å². The van der Waals surface area contributed by atoms with Crippen LogP contribution in [0, 0.1) is 0 Å². The second-order valence-electron chi connectivity index (χ2n) is 5.19. The van der Waals surface area contributed by atoms with E-state index in [0.29, 0.717) is 11.8 Å². The Labute approximate surface area is 96.4 Å². The Bertz CT molecular complexity index is 380. The van der Waals surface area contributed by atoms with E-state index in [1.54, 1.807) is 0 Å². The summed E-state index contributed by atoms with van der Waals surface area (Å²) in [6.45, 7) is 6.06. The average molecular weight is 221 g/mol. The van der Waals surface area contributed by atoms with Crippen molar-refractivity contribution in [1.82, 2.24) is 9.97 Å². The van der Waals surface area contributed by atoms with Crippen molar-refractivity contribution in [3.63, 3.8) is 0 Å². The first kappa shape index (κ1) is 11.2. The molecule has 1 aliphatic carbocycles. The first-order chi connectivity index (χ1) is 7.48. The topological polar surface area (TPSA) is 47.0 Å². The summed E-state index contributed by atoms with van der Waals surface area (Å²) in [7, 11) is 1.86. The minimum atomic E-state index is -0.222. The molecule has 0 bridgehead atoms. The standard InChI is InChI=1S/C12H19N3O/c1-12(2,3)16-10-7-9(13-4)14-11(15-10)8-5-6-8/h7-8H,5-6H2,1-4H3,(H,13,14,15). The van der Waals surface area contributed by atoms with Crippen LogP contribution in [0.2, 0.25) is 0 Å². The molecule has 0 atom stereocenters. The predicted molar refractivity (Wildman–Crippen MR) is 63.9 cm³/mol. The van der Waals surface area contributed by atoms with Crippen molar-refractivity contribution in [3.05, 3.63) is 11.9 Å². The van der Waals surface area contributed by atoms with E-state index in [1.165, 1.54) is 12.8 Å². The summed E-state index contributed by atoms with van der Waals surface area (Å²) in [5.41, 5.74) is -0.222. The Balaban J connectivity index is 2.25. The molecule has 1 heterocycles. The Kier molecular flexibility index (Phi) is 2.74. The number of hydrogen-bond donors (Lipinski definition) is 1. The van der Waals surface area contributed by atoms with Crippen molar-refractivity contribution in [2.45, 2.75) is 45.1 Å². The number of hydrogen-bond acceptors (Lipinski definition) is 4. The average Bonchev–Trinajstić information content (AvgIpc) is 2.97. The molecule has 0 unspecified atom stereocenters. The number of anilines is 1. The zero-order chi connectivity index (χ0) is 11.8. The van der Waals surface area contributed by atoms with E-state index in [4.69, 9.17) is 4.74 Å². The zero-order valence-corrected chi connectivity index (χ0v) is 10.4. The number of aromatic nitrogens is 2. The fourth-order valence-corrected chi connectivity index (χ4v) is 1.46. The van der Waals surface area contributed by atoms with Gasteiger partial charge in [0.05, 0.1) is 0 Å². The Hall–Kier alpha value is -1.32. The molecule has 4 heteroatoms. The summed E-state index contributed by atoms with van der Waals surface area (Å²) in [6.07, 6.45) is 2.39. The minimum Gasteiger partial charge on any atom is -0.472 e. The van der Waals surface area contributed by atoms with Gasteiger partial charge in [0.1, 0.15) is 17.2 Å². The highest BCUT2D eigenvalue weighted by Crippen LogP contribution is 2.39. The second kappa shape index (κ2) is 3.92. The van der Waals surface area contributed by atoms with Crippen molar-refractivity contribution in [1.29, 1.82) is 0 Å². The number of nitrogens with zero attached hydrogens (tertiary/aromatic N) is 2. The Morgan fingerprint density at radius 2 is 2.00 bits per heavy atom. The molecule has 0 radical (unpaired) electrons. The molecule has 16 heavy (non-hydrogen) atoms. The van der Waals surface area contributed by atoms with E-state index < -0.39 is 0 Å². The summed E-state index contributed by atoms with van der Waals surface area (Å²) >= 11 is 0. The molecular weight excluding hydrogens is 202 g/mol. The molecule has 0 amide bonds. The minimum absolute atomic E-state index is 0.222. The van der Waals surface area contributed by atoms with Crippen molar-refractivity contribution in [2.75, 3.05) is 12.4 Å². The summed E-state index contributed by atoms with van der Waals surface area (Å²) < 4.78 is 5.77. The molecular formula is C12H19N3O. The molecule has 1 aromatic heterocycles. The van der Waals surface area contributed by atoms with Gasteiger partial charge in [-0.25, -0.2) is 4.98 Å². The van der Waals surface area contributed by atoms with E-state index in [2.05, 4.69) is 15.3 Å². The number of rotatable bonds is 3. The molecule has 1 aliphatic rings. The van der Waals surface area contributed by atoms with Crippen LogP contribution in [0.1, 0.15) is 45.4 Å². The van der Waals surface area contributed by atoms with Gasteiger partial charge < -0.3 is 10.1 Å². The van der Waals surface area contributed by atoms with Crippen LogP contribution in [-0.4, -0.2) is 22.6 Å². The highest BCUT2D eigenvalue weighted by molar-refractivity contribution is 5.38. The van der Waals surface area contributed by atoms with E-state index in [9.17, 15) is 0 Å². The SMILES string of the molecule is CNc1cc(OC(C)(C)C)nc(C2CC2)n1. The maximum Gasteiger partial charge on any atom is 0.219 e. The number of ether oxygens (including phenoxy) is 1. The second-order valence-corrected chi connectivity index (χ2v) is 5.19. The van der Waals surface area contributed by atoms with Gasteiger partial charge in [-0.3, -0.25) is 0 Å². The molecule has 1 aromatic rings. The fraction of sp³-hybridized carbons (Fsp3) is 0.667. The monoisotopic (exact) mass is 221 g/mol. The lowest BCUT2D eigenvalue weighted by Crippen LogP contribution is -2.24. The van der Waals surface area contributed by atoms with Gasteiger partial charge >= 0.3 is 0 Å². The molecule has 88 valence electrons. The molecule has 0 spiro atoms. The summed E-state index contributed by atoms with van der Waals surface area (Å²) in [4.78, 5) is 8.90. The highest BCUT2D eigenvalue weighted by Gasteiger charge is 2.28. The van der Waals surface area contributed by atoms with Crippen molar-refractivity contribution >= 4 is 5.82 Å². The third-order valence-corrected chi connectivity index (χ3v) is 2.33. The summed E-state index contributed by atoms with van der Waals surface area (Å²) in [5, 5.41) is 3.05. The lowest BCUT2D eigenvalue weighted by atomic mass is 10.2. The van der Waals surface area contributed by atoms with Gasteiger partial charge in [-0.1, -0.05) is 0 Å². The smallest absolute Gasteiger partial charge is 0.219 e. The van der Waals surface area contributed by atoms with Crippen LogP contribution in [0.4, 0.5) is 5.82 Å². The van der Waals surface area contributed by atoms with E-state index in [-0.39, 0.29) is 5.60 Å². The third-order valence-electron chi connectivity index (χ3n) is 2.33. The van der Waals surface area contributed by atoms with Crippen LogP contribution in [0.3, 0.4) is 0 Å². The van der Waals surface area contributed by atoms with E-state index >= 15 is 0 Å². The van der Waals surface area contributed by atoms with Crippen molar-refractivity contribution < 1.29 is 4.74 Å². The fourth-order valence-electron chi connectivity index (χ4n) is 1.46. The van der Waals surface area contributed by atoms with Crippen LogP contribution < -0.4 is 10.1 Å². The normalized spacial score (nSPS) is 16.0. The molecule has 0 aliphatic heterocycles. The quantitative estimate of drug-likeness (QED) is 0.852. The molecule has 0 saturated heterocycles. The molecule has 1 saturated carbocycles. The Morgan fingerprint density at radius 3 is 2.50 bits per heavy atom.